The number of halogens is 3. The molecule has 0 fully saturated rings. The maximum atomic E-state index is 12.6. The number of fused-ring (bicyclic) bond motifs is 1. The number of hydrogen-bond acceptors (Lipinski definition) is 2. The Bertz CT molecular complexity index is 756. The summed E-state index contributed by atoms with van der Waals surface area (Å²) in [6.07, 6.45) is 0.592. The van der Waals surface area contributed by atoms with Gasteiger partial charge >= 0.3 is 0 Å². The van der Waals surface area contributed by atoms with Gasteiger partial charge in [-0.05, 0) is 54.8 Å². The van der Waals surface area contributed by atoms with Crippen molar-refractivity contribution in [2.75, 3.05) is 11.9 Å². The van der Waals surface area contributed by atoms with Gasteiger partial charge in [0.25, 0.3) is 0 Å². The summed E-state index contributed by atoms with van der Waals surface area (Å²) in [6, 6.07) is 9.13. The monoisotopic (exact) mass is 413 g/mol. The van der Waals surface area contributed by atoms with Crippen LogP contribution in [-0.4, -0.2) is 12.5 Å². The minimum absolute atomic E-state index is 0.108. The Morgan fingerprint density at radius 2 is 2.09 bits per heavy atom. The third-order valence-electron chi connectivity index (χ3n) is 3.80. The average molecular weight is 415 g/mol. The van der Waals surface area contributed by atoms with E-state index in [-0.39, 0.29) is 11.8 Å². The van der Waals surface area contributed by atoms with Crippen LogP contribution in [0.15, 0.2) is 34.8 Å². The number of ether oxygens (including phenoxy) is 1. The molecule has 2 aromatic carbocycles. The lowest BCUT2D eigenvalue weighted by molar-refractivity contribution is -0.121. The van der Waals surface area contributed by atoms with Crippen LogP contribution in [0.2, 0.25) is 10.0 Å². The second-order valence-electron chi connectivity index (χ2n) is 5.53. The summed E-state index contributed by atoms with van der Waals surface area (Å²) in [6.45, 7) is 2.24. The Morgan fingerprint density at radius 1 is 1.30 bits per heavy atom. The Hall–Kier alpha value is -1.23. The van der Waals surface area contributed by atoms with Crippen LogP contribution >= 0.6 is 39.1 Å². The van der Waals surface area contributed by atoms with Gasteiger partial charge in [-0.2, -0.15) is 0 Å². The van der Waals surface area contributed by atoms with Gasteiger partial charge in [0.2, 0.25) is 5.91 Å². The van der Waals surface area contributed by atoms with E-state index in [0.717, 1.165) is 21.3 Å². The first-order valence-corrected chi connectivity index (χ1v) is 8.66. The largest absolute Gasteiger partial charge is 0.492 e. The molecular weight excluding hydrogens is 401 g/mol. The first-order valence-electron chi connectivity index (χ1n) is 7.12. The standard InChI is InChI=1S/C17H14BrCl2NO2/c1-9-4-12(18)7-14(20)16(9)21-17(22)11-5-10-6-13(19)2-3-15(10)23-8-11/h2-4,6-7,11H,5,8H2,1H3,(H,21,22). The van der Waals surface area contributed by atoms with Gasteiger partial charge in [-0.25, -0.2) is 0 Å². The summed E-state index contributed by atoms with van der Waals surface area (Å²) in [5, 5.41) is 4.06. The van der Waals surface area contributed by atoms with E-state index in [1.807, 2.05) is 25.1 Å². The molecular formula is C17H14BrCl2NO2. The molecule has 1 amide bonds. The summed E-state index contributed by atoms with van der Waals surface area (Å²) < 4.78 is 6.55. The number of aryl methyl sites for hydroxylation is 1. The molecule has 2 aromatic rings. The third kappa shape index (κ3) is 3.65. The van der Waals surface area contributed by atoms with Crippen LogP contribution in [0.3, 0.4) is 0 Å². The van der Waals surface area contributed by atoms with Crippen LogP contribution < -0.4 is 10.1 Å². The normalized spacial score (nSPS) is 16.4. The zero-order chi connectivity index (χ0) is 16.6. The van der Waals surface area contributed by atoms with Crippen LogP contribution in [0, 0.1) is 12.8 Å². The van der Waals surface area contributed by atoms with E-state index in [1.165, 1.54) is 0 Å². The molecule has 3 nitrogen and oxygen atoms in total. The molecule has 0 bridgehead atoms. The van der Waals surface area contributed by atoms with Crippen molar-refractivity contribution in [2.24, 2.45) is 5.92 Å². The zero-order valence-electron chi connectivity index (χ0n) is 12.3. The van der Waals surface area contributed by atoms with E-state index in [0.29, 0.717) is 28.8 Å². The minimum atomic E-state index is -0.278. The highest BCUT2D eigenvalue weighted by atomic mass is 79.9. The van der Waals surface area contributed by atoms with Gasteiger partial charge in [-0.1, -0.05) is 39.1 Å². The second kappa shape index (κ2) is 6.71. The molecule has 1 N–H and O–H groups in total. The highest BCUT2D eigenvalue weighted by Gasteiger charge is 2.27. The predicted molar refractivity (Wildman–Crippen MR) is 96.7 cm³/mol. The molecule has 0 aromatic heterocycles. The number of benzene rings is 2. The summed E-state index contributed by atoms with van der Waals surface area (Å²) in [5.41, 5.74) is 2.48. The van der Waals surface area contributed by atoms with E-state index in [1.54, 1.807) is 12.1 Å². The fourth-order valence-corrected chi connectivity index (χ4v) is 3.83. The van der Waals surface area contributed by atoms with Gasteiger partial charge in [0.1, 0.15) is 12.4 Å². The summed E-state index contributed by atoms with van der Waals surface area (Å²) in [7, 11) is 0. The number of carbonyl (C=O) groups is 1. The molecule has 1 aliphatic heterocycles. The molecule has 0 saturated heterocycles. The summed E-state index contributed by atoms with van der Waals surface area (Å²) in [5.74, 6) is 0.402. The number of carbonyl (C=O) groups excluding carboxylic acids is 1. The van der Waals surface area contributed by atoms with Gasteiger partial charge in [-0.15, -0.1) is 0 Å². The van der Waals surface area contributed by atoms with E-state index < -0.39 is 0 Å². The van der Waals surface area contributed by atoms with Crippen molar-refractivity contribution in [3.63, 3.8) is 0 Å². The minimum Gasteiger partial charge on any atom is -0.492 e. The third-order valence-corrected chi connectivity index (χ3v) is 4.79. The van der Waals surface area contributed by atoms with Gasteiger partial charge in [-0.3, -0.25) is 4.79 Å². The topological polar surface area (TPSA) is 38.3 Å². The number of rotatable bonds is 2. The van der Waals surface area contributed by atoms with E-state index in [9.17, 15) is 4.79 Å². The lowest BCUT2D eigenvalue weighted by atomic mass is 9.96. The Labute approximate surface area is 153 Å². The number of anilines is 1. The molecule has 0 spiro atoms. The van der Waals surface area contributed by atoms with Crippen molar-refractivity contribution in [3.05, 3.63) is 56.0 Å². The maximum absolute atomic E-state index is 12.6. The first kappa shape index (κ1) is 16.6. The van der Waals surface area contributed by atoms with Crippen molar-refractivity contribution >= 4 is 50.7 Å². The van der Waals surface area contributed by atoms with Gasteiger partial charge in [0, 0.05) is 9.50 Å². The van der Waals surface area contributed by atoms with Crippen LogP contribution in [0.4, 0.5) is 5.69 Å². The first-order chi connectivity index (χ1) is 10.9. The molecule has 0 aliphatic carbocycles. The molecule has 0 radical (unpaired) electrons. The number of nitrogens with one attached hydrogen (secondary N) is 1. The second-order valence-corrected chi connectivity index (χ2v) is 7.29. The molecule has 0 saturated carbocycles. The molecule has 6 heteroatoms. The molecule has 120 valence electrons. The van der Waals surface area contributed by atoms with Gasteiger partial charge in [0.05, 0.1) is 16.6 Å². The Kier molecular flexibility index (Phi) is 4.85. The molecule has 1 aliphatic rings. The van der Waals surface area contributed by atoms with Crippen LogP contribution in [-0.2, 0) is 11.2 Å². The fourth-order valence-electron chi connectivity index (χ4n) is 2.62. The molecule has 3 rings (SSSR count). The molecule has 1 atom stereocenters. The molecule has 1 unspecified atom stereocenters. The smallest absolute Gasteiger partial charge is 0.231 e. The van der Waals surface area contributed by atoms with Crippen LogP contribution in [0.25, 0.3) is 0 Å². The summed E-state index contributed by atoms with van der Waals surface area (Å²) >= 11 is 15.6. The molecule has 1 heterocycles. The summed E-state index contributed by atoms with van der Waals surface area (Å²) in [4.78, 5) is 12.6. The van der Waals surface area contributed by atoms with Crippen molar-refractivity contribution in [1.29, 1.82) is 0 Å². The van der Waals surface area contributed by atoms with Crippen molar-refractivity contribution < 1.29 is 9.53 Å². The van der Waals surface area contributed by atoms with E-state index >= 15 is 0 Å². The SMILES string of the molecule is Cc1cc(Br)cc(Cl)c1NC(=O)C1COc2ccc(Cl)cc2C1. The number of hydrogen-bond donors (Lipinski definition) is 1. The van der Waals surface area contributed by atoms with Gasteiger partial charge < -0.3 is 10.1 Å². The fraction of sp³-hybridized carbons (Fsp3) is 0.235. The maximum Gasteiger partial charge on any atom is 0.231 e. The van der Waals surface area contributed by atoms with E-state index in [2.05, 4.69) is 21.2 Å². The van der Waals surface area contributed by atoms with Crippen LogP contribution in [0.5, 0.6) is 5.75 Å². The average Bonchev–Trinajstić information content (AvgIpc) is 2.49. The quantitative estimate of drug-likeness (QED) is 0.728. The van der Waals surface area contributed by atoms with Crippen molar-refractivity contribution in [3.8, 4) is 5.75 Å². The highest BCUT2D eigenvalue weighted by Crippen LogP contribution is 2.33. The Balaban J connectivity index is 1.78. The molecule has 23 heavy (non-hydrogen) atoms. The number of amides is 1. The van der Waals surface area contributed by atoms with Crippen LogP contribution in [0.1, 0.15) is 11.1 Å². The lowest BCUT2D eigenvalue weighted by Gasteiger charge is -2.25. The van der Waals surface area contributed by atoms with Crippen molar-refractivity contribution in [2.45, 2.75) is 13.3 Å². The van der Waals surface area contributed by atoms with E-state index in [4.69, 9.17) is 27.9 Å². The Morgan fingerprint density at radius 3 is 2.83 bits per heavy atom. The van der Waals surface area contributed by atoms with Gasteiger partial charge in [0.15, 0.2) is 0 Å². The zero-order valence-corrected chi connectivity index (χ0v) is 15.4. The van der Waals surface area contributed by atoms with Crippen molar-refractivity contribution in [1.82, 2.24) is 0 Å². The highest BCUT2D eigenvalue weighted by molar-refractivity contribution is 9.10. The lowest BCUT2D eigenvalue weighted by Crippen LogP contribution is -2.32. The predicted octanol–water partition coefficient (Wildman–Crippen LogP) is 5.25.